The number of furan rings is 1. The van der Waals surface area contributed by atoms with Crippen molar-refractivity contribution in [3.8, 4) is 0 Å². The first-order valence-corrected chi connectivity index (χ1v) is 9.29. The van der Waals surface area contributed by atoms with Crippen LogP contribution in [-0.4, -0.2) is 56.0 Å². The van der Waals surface area contributed by atoms with Gasteiger partial charge in [0.05, 0.1) is 19.3 Å². The number of aryl methyl sites for hydroxylation is 2. The Labute approximate surface area is 145 Å². The second-order valence-electron chi connectivity index (χ2n) is 7.28. The molecule has 1 N–H and O–H groups in total. The van der Waals surface area contributed by atoms with Crippen LogP contribution in [0.2, 0.25) is 0 Å². The second-order valence-corrected chi connectivity index (χ2v) is 7.28. The largest absolute Gasteiger partial charge is 0.466 e. The molecule has 24 heavy (non-hydrogen) atoms. The molecule has 1 unspecified atom stereocenters. The van der Waals surface area contributed by atoms with E-state index in [0.717, 1.165) is 63.8 Å². The molecule has 1 aliphatic heterocycles. The van der Waals surface area contributed by atoms with Crippen LogP contribution >= 0.6 is 0 Å². The van der Waals surface area contributed by atoms with Crippen molar-refractivity contribution in [3.05, 3.63) is 23.2 Å². The summed E-state index contributed by atoms with van der Waals surface area (Å²) in [6, 6.07) is 2.45. The first-order chi connectivity index (χ1) is 11.5. The Morgan fingerprint density at radius 1 is 1.33 bits per heavy atom. The van der Waals surface area contributed by atoms with Gasteiger partial charge < -0.3 is 19.2 Å². The molecule has 2 heterocycles. The summed E-state index contributed by atoms with van der Waals surface area (Å²) in [7, 11) is 0. The van der Waals surface area contributed by atoms with E-state index >= 15 is 0 Å². The Kier molecular flexibility index (Phi) is 5.65. The minimum Gasteiger partial charge on any atom is -0.466 e. The van der Waals surface area contributed by atoms with Crippen molar-refractivity contribution in [2.24, 2.45) is 0 Å². The highest BCUT2D eigenvalue weighted by Gasteiger charge is 2.49. The molecule has 1 saturated carbocycles. The molecule has 1 aromatic heterocycles. The summed E-state index contributed by atoms with van der Waals surface area (Å²) in [6.45, 7) is 13.9. The number of hydrogen-bond acceptors (Lipinski definition) is 5. The van der Waals surface area contributed by atoms with E-state index in [4.69, 9.17) is 13.9 Å². The van der Waals surface area contributed by atoms with Crippen molar-refractivity contribution in [3.63, 3.8) is 0 Å². The van der Waals surface area contributed by atoms with Gasteiger partial charge in [-0.2, -0.15) is 0 Å². The van der Waals surface area contributed by atoms with Crippen LogP contribution in [0.3, 0.4) is 0 Å². The number of nitrogens with zero attached hydrogens (tertiary/aromatic N) is 1. The van der Waals surface area contributed by atoms with Gasteiger partial charge in [0.1, 0.15) is 11.5 Å². The summed E-state index contributed by atoms with van der Waals surface area (Å²) >= 11 is 0. The van der Waals surface area contributed by atoms with Crippen LogP contribution in [0, 0.1) is 13.8 Å². The summed E-state index contributed by atoms with van der Waals surface area (Å²) in [5.41, 5.74) is 1.48. The van der Waals surface area contributed by atoms with Gasteiger partial charge in [0.15, 0.2) is 0 Å². The summed E-state index contributed by atoms with van der Waals surface area (Å²) < 4.78 is 17.1. The van der Waals surface area contributed by atoms with Gasteiger partial charge in [-0.25, -0.2) is 0 Å². The van der Waals surface area contributed by atoms with Gasteiger partial charge in [-0.1, -0.05) is 0 Å². The van der Waals surface area contributed by atoms with Gasteiger partial charge in [0.25, 0.3) is 0 Å². The fourth-order valence-electron chi connectivity index (χ4n) is 4.23. The van der Waals surface area contributed by atoms with Crippen molar-refractivity contribution in [2.45, 2.75) is 58.2 Å². The van der Waals surface area contributed by atoms with Crippen LogP contribution in [0.15, 0.2) is 10.5 Å². The van der Waals surface area contributed by atoms with Crippen molar-refractivity contribution in [1.29, 1.82) is 0 Å². The topological polar surface area (TPSA) is 46.9 Å². The highest BCUT2D eigenvalue weighted by Crippen LogP contribution is 2.40. The van der Waals surface area contributed by atoms with Crippen LogP contribution in [0.25, 0.3) is 0 Å². The molecule has 0 aromatic carbocycles. The highest BCUT2D eigenvalue weighted by atomic mass is 16.5. The molecule has 1 aliphatic carbocycles. The molecule has 5 heteroatoms. The Morgan fingerprint density at radius 2 is 2.04 bits per heavy atom. The third-order valence-corrected chi connectivity index (χ3v) is 5.58. The van der Waals surface area contributed by atoms with E-state index in [1.165, 1.54) is 5.56 Å². The summed E-state index contributed by atoms with van der Waals surface area (Å²) in [6.07, 6.45) is 2.64. The number of hydrogen-bond donors (Lipinski definition) is 1. The minimum absolute atomic E-state index is 0.213. The second kappa shape index (κ2) is 7.56. The third-order valence-electron chi connectivity index (χ3n) is 5.58. The maximum absolute atomic E-state index is 5.84. The fourth-order valence-corrected chi connectivity index (χ4v) is 4.23. The van der Waals surface area contributed by atoms with E-state index in [2.05, 4.69) is 30.1 Å². The molecule has 1 atom stereocenters. The van der Waals surface area contributed by atoms with Gasteiger partial charge in [0.2, 0.25) is 0 Å². The molecule has 0 amide bonds. The smallest absolute Gasteiger partial charge is 0.105 e. The molecule has 3 rings (SSSR count). The maximum Gasteiger partial charge on any atom is 0.105 e. The van der Waals surface area contributed by atoms with Crippen LogP contribution in [-0.2, 0) is 9.47 Å². The Morgan fingerprint density at radius 3 is 2.62 bits per heavy atom. The van der Waals surface area contributed by atoms with Crippen LogP contribution in [0.4, 0.5) is 0 Å². The van der Waals surface area contributed by atoms with E-state index in [0.29, 0.717) is 12.1 Å². The average molecular weight is 336 g/mol. The minimum atomic E-state index is 0.213. The predicted octanol–water partition coefficient (Wildman–Crippen LogP) is 2.82. The molecular weight excluding hydrogens is 304 g/mol. The van der Waals surface area contributed by atoms with Gasteiger partial charge in [-0.3, -0.25) is 4.90 Å². The zero-order valence-corrected chi connectivity index (χ0v) is 15.6. The summed E-state index contributed by atoms with van der Waals surface area (Å²) in [5.74, 6) is 2.01. The van der Waals surface area contributed by atoms with Gasteiger partial charge in [-0.05, 0) is 46.6 Å². The molecule has 2 fully saturated rings. The molecular formula is C19H32N2O3. The van der Waals surface area contributed by atoms with Gasteiger partial charge in [0, 0.05) is 43.4 Å². The third kappa shape index (κ3) is 3.69. The summed E-state index contributed by atoms with van der Waals surface area (Å²) in [5, 5.41) is 3.76. The predicted molar refractivity (Wildman–Crippen MR) is 94.4 cm³/mol. The van der Waals surface area contributed by atoms with Crippen molar-refractivity contribution in [2.75, 3.05) is 39.5 Å². The molecule has 0 spiro atoms. The van der Waals surface area contributed by atoms with Crippen LogP contribution in [0.1, 0.15) is 49.8 Å². The Balaban J connectivity index is 1.63. The molecule has 1 aromatic rings. The van der Waals surface area contributed by atoms with E-state index in [1.54, 1.807) is 0 Å². The lowest BCUT2D eigenvalue weighted by molar-refractivity contribution is -0.126. The van der Waals surface area contributed by atoms with Crippen molar-refractivity contribution in [1.82, 2.24) is 10.2 Å². The molecule has 2 aliphatic rings. The number of rotatable bonds is 7. The lowest BCUT2D eigenvalue weighted by atomic mass is 9.72. The summed E-state index contributed by atoms with van der Waals surface area (Å²) in [4.78, 5) is 2.61. The number of ether oxygens (including phenoxy) is 2. The lowest BCUT2D eigenvalue weighted by Crippen LogP contribution is -2.66. The molecule has 136 valence electrons. The van der Waals surface area contributed by atoms with Gasteiger partial charge in [-0.15, -0.1) is 0 Å². The quantitative estimate of drug-likeness (QED) is 0.830. The van der Waals surface area contributed by atoms with Crippen LogP contribution < -0.4 is 5.32 Å². The van der Waals surface area contributed by atoms with Crippen molar-refractivity contribution < 1.29 is 13.9 Å². The van der Waals surface area contributed by atoms with Crippen molar-refractivity contribution >= 4 is 0 Å². The van der Waals surface area contributed by atoms with Crippen LogP contribution in [0.5, 0.6) is 0 Å². The first kappa shape index (κ1) is 17.9. The Bertz CT molecular complexity index is 531. The van der Waals surface area contributed by atoms with E-state index < -0.39 is 0 Å². The number of nitrogens with one attached hydrogen (secondary N) is 1. The van der Waals surface area contributed by atoms with E-state index in [9.17, 15) is 0 Å². The monoisotopic (exact) mass is 336 g/mol. The zero-order valence-electron chi connectivity index (χ0n) is 15.6. The van der Waals surface area contributed by atoms with Gasteiger partial charge >= 0.3 is 0 Å². The highest BCUT2D eigenvalue weighted by molar-refractivity contribution is 5.23. The Hall–Kier alpha value is -0.880. The number of morpholine rings is 1. The first-order valence-electron chi connectivity index (χ1n) is 9.29. The van der Waals surface area contributed by atoms with E-state index in [-0.39, 0.29) is 5.54 Å². The normalized spacial score (nSPS) is 29.4. The molecule has 1 saturated heterocycles. The fraction of sp³-hybridized carbons (Fsp3) is 0.789. The lowest BCUT2D eigenvalue weighted by Gasteiger charge is -2.55. The standard InChI is InChI=1S/C19H32N2O3/c1-5-23-17-11-19(12-17,21-6-8-22-9-7-21)13-20-15(3)18-10-14(2)24-16(18)4/h10,15,17,20H,5-9,11-13H2,1-4H3. The maximum atomic E-state index is 5.84. The molecule has 0 radical (unpaired) electrons. The zero-order chi connectivity index (χ0) is 17.2. The van der Waals surface area contributed by atoms with E-state index in [1.807, 2.05) is 13.8 Å². The molecule has 5 nitrogen and oxygen atoms in total. The SMILES string of the molecule is CCOC1CC(CNC(C)c2cc(C)oc2C)(N2CCOCC2)C1. The molecule has 0 bridgehead atoms. The average Bonchev–Trinajstić information content (AvgIpc) is 2.88.